The lowest BCUT2D eigenvalue weighted by molar-refractivity contribution is -0.387. The summed E-state index contributed by atoms with van der Waals surface area (Å²) in [7, 11) is 0. The number of hydrogen-bond donors (Lipinski definition) is 2. The van der Waals surface area contributed by atoms with Crippen LogP contribution in [0.3, 0.4) is 0 Å². The Hall–Kier alpha value is -7.86. The molecule has 0 aliphatic carbocycles. The molecule has 0 saturated carbocycles. The number of carbonyl (C=O) groups is 2. The van der Waals surface area contributed by atoms with Gasteiger partial charge in [-0.05, 0) is 44.5 Å². The van der Waals surface area contributed by atoms with Crippen molar-refractivity contribution in [2.24, 2.45) is 0 Å². The predicted molar refractivity (Wildman–Crippen MR) is 354 cm³/mol. The lowest BCUT2D eigenvalue weighted by atomic mass is 9.94. The van der Waals surface area contributed by atoms with Gasteiger partial charge < -0.3 is 76.7 Å². The van der Waals surface area contributed by atoms with E-state index in [1.165, 1.54) is 13.8 Å². The molecular formula is C78H85NO17. The lowest BCUT2D eigenvalue weighted by Gasteiger charge is -2.51. The van der Waals surface area contributed by atoms with Crippen LogP contribution in [0.5, 0.6) is 0 Å². The molecule has 1 amide bonds. The summed E-state index contributed by atoms with van der Waals surface area (Å²) in [5.74, 6) is -1.07. The molecule has 8 aromatic rings. The number of carbonyl (C=O) groups excluding carboxylic acids is 2. The Labute approximate surface area is 561 Å². The van der Waals surface area contributed by atoms with Crippen LogP contribution in [0.25, 0.3) is 0 Å². The fraction of sp³-hybridized carbons (Fsp3) is 0.359. The average molecular weight is 1310 g/mol. The molecule has 3 saturated heterocycles. The molecule has 3 fully saturated rings. The fourth-order valence-electron chi connectivity index (χ4n) is 12.0. The van der Waals surface area contributed by atoms with E-state index in [1.807, 2.05) is 243 Å². The molecule has 11 rings (SSSR count). The summed E-state index contributed by atoms with van der Waals surface area (Å²) in [5, 5.41) is 15.4. The molecule has 0 radical (unpaired) electrons. The highest BCUT2D eigenvalue weighted by Crippen LogP contribution is 2.39. The summed E-state index contributed by atoms with van der Waals surface area (Å²) in [6, 6.07) is 76.2. The van der Waals surface area contributed by atoms with Crippen LogP contribution in [0.1, 0.15) is 58.4 Å². The molecule has 18 nitrogen and oxygen atoms in total. The number of benzene rings is 8. The number of aliphatic hydroxyl groups is 1. The normalized spacial score (nSPS) is 25.8. The van der Waals surface area contributed by atoms with Crippen molar-refractivity contribution < 1.29 is 81.0 Å². The number of amides is 1. The zero-order chi connectivity index (χ0) is 66.1. The van der Waals surface area contributed by atoms with E-state index >= 15 is 0 Å². The van der Waals surface area contributed by atoms with Crippen molar-refractivity contribution in [1.29, 1.82) is 0 Å². The van der Waals surface area contributed by atoms with E-state index < -0.39 is 104 Å². The van der Waals surface area contributed by atoms with Crippen molar-refractivity contribution in [2.45, 2.75) is 159 Å². The highest BCUT2D eigenvalue weighted by Gasteiger charge is 2.57. The second-order valence-electron chi connectivity index (χ2n) is 24.0. The Kier molecular flexibility index (Phi) is 26.4. The van der Waals surface area contributed by atoms with E-state index in [-0.39, 0.29) is 72.7 Å². The van der Waals surface area contributed by atoms with E-state index in [9.17, 15) is 14.7 Å². The van der Waals surface area contributed by atoms with Gasteiger partial charge in [-0.3, -0.25) is 9.59 Å². The highest BCUT2D eigenvalue weighted by molar-refractivity contribution is 5.73. The fourth-order valence-corrected chi connectivity index (χ4v) is 12.0. The number of rotatable bonds is 33. The Morgan fingerprint density at radius 1 is 0.333 bits per heavy atom. The average Bonchev–Trinajstić information content (AvgIpc) is 0.769. The van der Waals surface area contributed by atoms with Crippen molar-refractivity contribution in [3.8, 4) is 0 Å². The summed E-state index contributed by atoms with van der Waals surface area (Å²) in [4.78, 5) is 27.3. The molecule has 96 heavy (non-hydrogen) atoms. The molecule has 8 aromatic carbocycles. The Balaban J connectivity index is 1.04. The molecule has 15 atom stereocenters. The molecule has 3 heterocycles. The van der Waals surface area contributed by atoms with Gasteiger partial charge in [0, 0.05) is 13.8 Å². The van der Waals surface area contributed by atoms with E-state index in [0.29, 0.717) is 0 Å². The third-order valence-electron chi connectivity index (χ3n) is 16.7. The zero-order valence-corrected chi connectivity index (χ0v) is 54.0. The Morgan fingerprint density at radius 3 is 1.01 bits per heavy atom. The van der Waals surface area contributed by atoms with Crippen LogP contribution in [0, 0.1) is 0 Å². The maximum absolute atomic E-state index is 13.9. The molecule has 3 aliphatic rings. The molecule has 18 heteroatoms. The number of ether oxygens (including phenoxy) is 14. The van der Waals surface area contributed by atoms with Crippen molar-refractivity contribution >= 4 is 11.9 Å². The largest absolute Gasteiger partial charge is 0.457 e. The van der Waals surface area contributed by atoms with E-state index in [4.69, 9.17) is 66.3 Å². The van der Waals surface area contributed by atoms with Gasteiger partial charge in [0.2, 0.25) is 5.91 Å². The minimum atomic E-state index is -1.53. The molecule has 2 N–H and O–H groups in total. The Bertz CT molecular complexity index is 3500. The zero-order valence-electron chi connectivity index (χ0n) is 54.0. The van der Waals surface area contributed by atoms with Crippen molar-refractivity contribution in [3.63, 3.8) is 0 Å². The van der Waals surface area contributed by atoms with E-state index in [0.717, 1.165) is 44.5 Å². The van der Waals surface area contributed by atoms with E-state index in [1.54, 1.807) is 0 Å². The van der Waals surface area contributed by atoms with Crippen LogP contribution in [0.15, 0.2) is 243 Å². The van der Waals surface area contributed by atoms with Gasteiger partial charge in [0.05, 0.1) is 72.7 Å². The molecule has 0 unspecified atom stereocenters. The minimum absolute atomic E-state index is 0.00332. The molecule has 0 bridgehead atoms. The first-order valence-corrected chi connectivity index (χ1v) is 32.7. The second-order valence-corrected chi connectivity index (χ2v) is 24.0. The van der Waals surface area contributed by atoms with Crippen LogP contribution in [-0.4, -0.2) is 129 Å². The monoisotopic (exact) mass is 1310 g/mol. The lowest BCUT2D eigenvalue weighted by Crippen LogP contribution is -2.70. The van der Waals surface area contributed by atoms with Gasteiger partial charge in [-0.2, -0.15) is 0 Å². The third-order valence-corrected chi connectivity index (χ3v) is 16.7. The smallest absolute Gasteiger partial charge is 0.303 e. The number of esters is 1. The molecule has 504 valence electrons. The van der Waals surface area contributed by atoms with Crippen molar-refractivity contribution in [2.75, 3.05) is 19.8 Å². The van der Waals surface area contributed by atoms with Gasteiger partial charge in [-0.1, -0.05) is 243 Å². The van der Waals surface area contributed by atoms with Gasteiger partial charge in [0.25, 0.3) is 0 Å². The van der Waals surface area contributed by atoms with Crippen molar-refractivity contribution in [3.05, 3.63) is 287 Å². The summed E-state index contributed by atoms with van der Waals surface area (Å²) in [6.45, 7) is 3.29. The first-order chi connectivity index (χ1) is 47.2. The minimum Gasteiger partial charge on any atom is -0.457 e. The van der Waals surface area contributed by atoms with Crippen LogP contribution in [0.2, 0.25) is 0 Å². The number of aliphatic hydroxyl groups excluding tert-OH is 1. The van der Waals surface area contributed by atoms with Crippen LogP contribution in [-0.2, 0) is 129 Å². The standard InChI is InChI=1S/C78H85NO17/c1-54(80)79-67-71(87-47-60-35-19-7-20-36-60)69(91-55(2)81)66(53-85-45-58-31-15-5-16-32-58)93-77(67)96-73-68(86-46-59-33-17-6-18-34-59)64(51-83-43-56-27-11-3-12-28-56)94-78(75(73)90-50-63-41-25-10-26-42-63)95-70-65(52-84-44-57-29-13-4-14-30-57)92-76(82)74(89-49-62-39-23-9-24-40-62)72(70)88-48-61-37-21-8-22-38-61/h3-42,64-78,82H,43-53H2,1-2H3,(H,79,80)/t64-,65-,66-,67-,68+,69-,70-,71-,72+,73+,74-,75-,76-,77+,78+/m1/s1. The SMILES string of the molecule is CC(=O)N[C@H]1[C@H](O[C@H]2[C@@H](OCc3ccccc3)[C@@H](COCc3ccccc3)O[C@@H](O[C@H]3[C@H](OCc4ccccc4)[C@@H](OCc4ccccc4)[C@H](O)O[C@@H]3COCc3ccccc3)[C@@H]2OCc2ccccc2)O[C@H](COCc2ccccc2)[C@@H](OC(C)=O)[C@@H]1OCc1ccccc1. The predicted octanol–water partition coefficient (Wildman–Crippen LogP) is 10.9. The number of nitrogens with one attached hydrogen (secondary N) is 1. The number of hydrogen-bond acceptors (Lipinski definition) is 17. The summed E-state index contributed by atoms with van der Waals surface area (Å²) < 4.78 is 97.5. The van der Waals surface area contributed by atoms with Crippen molar-refractivity contribution in [1.82, 2.24) is 5.32 Å². The maximum Gasteiger partial charge on any atom is 0.303 e. The summed E-state index contributed by atoms with van der Waals surface area (Å²) >= 11 is 0. The van der Waals surface area contributed by atoms with Crippen LogP contribution >= 0.6 is 0 Å². The molecule has 3 aliphatic heterocycles. The Morgan fingerprint density at radius 2 is 0.635 bits per heavy atom. The van der Waals surface area contributed by atoms with Crippen LogP contribution < -0.4 is 5.32 Å². The van der Waals surface area contributed by atoms with Gasteiger partial charge in [-0.25, -0.2) is 0 Å². The molecular weight excluding hydrogens is 1220 g/mol. The first-order valence-electron chi connectivity index (χ1n) is 32.7. The van der Waals surface area contributed by atoms with Gasteiger partial charge >= 0.3 is 5.97 Å². The quantitative estimate of drug-likeness (QED) is 0.0368. The third kappa shape index (κ3) is 20.4. The van der Waals surface area contributed by atoms with Crippen LogP contribution in [0.4, 0.5) is 0 Å². The highest BCUT2D eigenvalue weighted by atomic mass is 16.8. The van der Waals surface area contributed by atoms with Gasteiger partial charge in [0.15, 0.2) is 25.0 Å². The first kappa shape index (κ1) is 69.5. The van der Waals surface area contributed by atoms with Gasteiger partial charge in [-0.15, -0.1) is 0 Å². The summed E-state index contributed by atoms with van der Waals surface area (Å²) in [6.07, 6.45) is -16.8. The topological polar surface area (TPSA) is 196 Å². The molecule has 0 aromatic heterocycles. The maximum atomic E-state index is 13.9. The van der Waals surface area contributed by atoms with Gasteiger partial charge in [0.1, 0.15) is 67.1 Å². The van der Waals surface area contributed by atoms with E-state index in [2.05, 4.69) is 5.32 Å². The summed E-state index contributed by atoms with van der Waals surface area (Å²) in [5.41, 5.74) is 6.88. The molecule has 0 spiro atoms. The second kappa shape index (κ2) is 36.5.